The number of halogens is 2. The molecule has 1 saturated carbocycles. The summed E-state index contributed by atoms with van der Waals surface area (Å²) < 4.78 is 27.1. The quantitative estimate of drug-likeness (QED) is 0.645. The van der Waals surface area contributed by atoms with E-state index in [9.17, 15) is 18.4 Å². The Bertz CT molecular complexity index is 991. The zero-order valence-electron chi connectivity index (χ0n) is 19.9. The molecule has 1 saturated heterocycles. The lowest BCUT2D eigenvalue weighted by atomic mass is 9.94. The minimum absolute atomic E-state index is 0.00354. The van der Waals surface area contributed by atoms with Gasteiger partial charge >= 0.3 is 0 Å². The zero-order chi connectivity index (χ0) is 24.2. The van der Waals surface area contributed by atoms with Crippen LogP contribution in [0.1, 0.15) is 61.4 Å². The van der Waals surface area contributed by atoms with Gasteiger partial charge in [0.05, 0.1) is 6.04 Å². The molecule has 2 amide bonds. The maximum atomic E-state index is 13.6. The third-order valence-corrected chi connectivity index (χ3v) is 7.06. The third kappa shape index (κ3) is 5.63. The Morgan fingerprint density at radius 1 is 0.912 bits per heavy atom. The van der Waals surface area contributed by atoms with E-state index in [1.807, 2.05) is 24.3 Å². The van der Waals surface area contributed by atoms with Gasteiger partial charge in [-0.25, -0.2) is 8.78 Å². The van der Waals surface area contributed by atoms with Crippen molar-refractivity contribution in [3.05, 3.63) is 65.2 Å². The molecule has 182 valence electrons. The van der Waals surface area contributed by atoms with Crippen LogP contribution in [0.5, 0.6) is 0 Å². The fourth-order valence-corrected chi connectivity index (χ4v) is 5.18. The van der Waals surface area contributed by atoms with Crippen molar-refractivity contribution < 1.29 is 18.4 Å². The summed E-state index contributed by atoms with van der Waals surface area (Å²) in [5.41, 5.74) is 2.03. The standard InChI is InChI=1S/C27H33F2N3O2/c1-18(2)19-7-9-24(10-8-19)30-26(33)25(20-5-3-4-6-20)31-11-13-32(14-12-31)27(34)21-15-22(28)17-23(29)16-21/h7-10,15-18,20,25H,3-6,11-14H2,1-2H3,(H,30,33)/t25-/m0/s1. The first-order valence-corrected chi connectivity index (χ1v) is 12.2. The van der Waals surface area contributed by atoms with E-state index in [2.05, 4.69) is 24.1 Å². The minimum Gasteiger partial charge on any atom is -0.336 e. The molecule has 0 unspecified atom stereocenters. The lowest BCUT2D eigenvalue weighted by molar-refractivity contribution is -0.123. The van der Waals surface area contributed by atoms with Gasteiger partial charge in [0.1, 0.15) is 11.6 Å². The van der Waals surface area contributed by atoms with Gasteiger partial charge in [-0.1, -0.05) is 38.8 Å². The normalized spacial score (nSPS) is 18.3. The molecule has 7 heteroatoms. The highest BCUT2D eigenvalue weighted by Crippen LogP contribution is 2.32. The third-order valence-electron chi connectivity index (χ3n) is 7.06. The second-order valence-corrected chi connectivity index (χ2v) is 9.74. The number of piperazine rings is 1. The lowest BCUT2D eigenvalue weighted by Crippen LogP contribution is -2.56. The van der Waals surface area contributed by atoms with Gasteiger partial charge < -0.3 is 10.2 Å². The van der Waals surface area contributed by atoms with Crippen LogP contribution in [0.2, 0.25) is 0 Å². The van der Waals surface area contributed by atoms with Gasteiger partial charge in [-0.3, -0.25) is 14.5 Å². The van der Waals surface area contributed by atoms with E-state index >= 15 is 0 Å². The molecule has 0 aromatic heterocycles. The van der Waals surface area contributed by atoms with Gasteiger partial charge in [-0.15, -0.1) is 0 Å². The predicted octanol–water partition coefficient (Wildman–Crippen LogP) is 5.04. The van der Waals surface area contributed by atoms with Gasteiger partial charge in [-0.05, 0) is 54.5 Å². The Morgan fingerprint density at radius 3 is 2.06 bits per heavy atom. The molecular formula is C27H33F2N3O2. The first-order chi connectivity index (χ1) is 16.3. The van der Waals surface area contributed by atoms with Crippen molar-refractivity contribution in [1.82, 2.24) is 9.80 Å². The molecule has 2 aliphatic rings. The van der Waals surface area contributed by atoms with E-state index in [0.29, 0.717) is 32.1 Å². The number of carbonyl (C=O) groups is 2. The number of carbonyl (C=O) groups excluding carboxylic acids is 2. The molecule has 2 aromatic carbocycles. The summed E-state index contributed by atoms with van der Waals surface area (Å²) >= 11 is 0. The van der Waals surface area contributed by atoms with E-state index < -0.39 is 11.6 Å². The summed E-state index contributed by atoms with van der Waals surface area (Å²) in [6, 6.07) is 10.6. The Hall–Kier alpha value is -2.80. The summed E-state index contributed by atoms with van der Waals surface area (Å²) in [5, 5.41) is 3.11. The SMILES string of the molecule is CC(C)c1ccc(NC(=O)[C@H](C2CCCC2)N2CCN(C(=O)c3cc(F)cc(F)c3)CC2)cc1. The van der Waals surface area contributed by atoms with Crippen molar-refractivity contribution in [2.24, 2.45) is 5.92 Å². The van der Waals surface area contributed by atoms with Crippen LogP contribution in [0.4, 0.5) is 14.5 Å². The molecule has 0 radical (unpaired) electrons. The highest BCUT2D eigenvalue weighted by molar-refractivity contribution is 5.95. The van der Waals surface area contributed by atoms with Gasteiger partial charge in [0.15, 0.2) is 0 Å². The minimum atomic E-state index is -0.763. The maximum absolute atomic E-state index is 13.6. The Labute approximate surface area is 200 Å². The monoisotopic (exact) mass is 469 g/mol. The van der Waals surface area contributed by atoms with Crippen LogP contribution in [0.15, 0.2) is 42.5 Å². The van der Waals surface area contributed by atoms with Gasteiger partial charge in [0.2, 0.25) is 5.91 Å². The fourth-order valence-electron chi connectivity index (χ4n) is 5.18. The Kier molecular flexibility index (Phi) is 7.61. The van der Waals surface area contributed by atoms with E-state index in [1.165, 1.54) is 5.56 Å². The Balaban J connectivity index is 1.43. The van der Waals surface area contributed by atoms with Crippen LogP contribution >= 0.6 is 0 Å². The number of nitrogens with one attached hydrogen (secondary N) is 1. The molecule has 0 spiro atoms. The van der Waals surface area contributed by atoms with Crippen molar-refractivity contribution in [1.29, 1.82) is 0 Å². The lowest BCUT2D eigenvalue weighted by Gasteiger charge is -2.40. The van der Waals surface area contributed by atoms with Gasteiger partial charge in [0.25, 0.3) is 5.91 Å². The van der Waals surface area contributed by atoms with E-state index in [-0.39, 0.29) is 29.3 Å². The second-order valence-electron chi connectivity index (χ2n) is 9.74. The zero-order valence-corrected chi connectivity index (χ0v) is 19.9. The number of amides is 2. The van der Waals surface area contributed by atoms with Crippen molar-refractivity contribution in [2.75, 3.05) is 31.5 Å². The second kappa shape index (κ2) is 10.6. The number of anilines is 1. The number of rotatable bonds is 6. The summed E-state index contributed by atoms with van der Waals surface area (Å²) in [6.45, 7) is 6.19. The Morgan fingerprint density at radius 2 is 1.50 bits per heavy atom. The maximum Gasteiger partial charge on any atom is 0.254 e. The van der Waals surface area contributed by atoms with Crippen LogP contribution in [-0.4, -0.2) is 53.8 Å². The van der Waals surface area contributed by atoms with Crippen LogP contribution in [-0.2, 0) is 4.79 Å². The summed E-state index contributed by atoms with van der Waals surface area (Å²) in [4.78, 5) is 30.0. The van der Waals surface area contributed by atoms with Gasteiger partial charge in [-0.2, -0.15) is 0 Å². The molecule has 5 nitrogen and oxygen atoms in total. The molecule has 1 aliphatic heterocycles. The summed E-state index contributed by atoms with van der Waals surface area (Å²) in [7, 11) is 0. The highest BCUT2D eigenvalue weighted by Gasteiger charge is 2.37. The summed E-state index contributed by atoms with van der Waals surface area (Å²) in [6.07, 6.45) is 4.29. The highest BCUT2D eigenvalue weighted by atomic mass is 19.1. The first kappa shape index (κ1) is 24.3. The number of hydrogen-bond donors (Lipinski definition) is 1. The molecule has 2 aromatic rings. The van der Waals surface area contributed by atoms with Gasteiger partial charge in [0, 0.05) is 43.5 Å². The predicted molar refractivity (Wildman–Crippen MR) is 129 cm³/mol. The van der Waals surface area contributed by atoms with E-state index in [1.54, 1.807) is 4.90 Å². The molecule has 1 heterocycles. The van der Waals surface area contributed by atoms with E-state index in [4.69, 9.17) is 0 Å². The number of hydrogen-bond acceptors (Lipinski definition) is 3. The largest absolute Gasteiger partial charge is 0.336 e. The fraction of sp³-hybridized carbons (Fsp3) is 0.481. The molecule has 1 N–H and O–H groups in total. The average molecular weight is 470 g/mol. The first-order valence-electron chi connectivity index (χ1n) is 12.2. The van der Waals surface area contributed by atoms with Crippen molar-refractivity contribution in [3.8, 4) is 0 Å². The molecular weight excluding hydrogens is 436 g/mol. The van der Waals surface area contributed by atoms with Crippen LogP contribution in [0.3, 0.4) is 0 Å². The molecule has 34 heavy (non-hydrogen) atoms. The smallest absolute Gasteiger partial charge is 0.254 e. The van der Waals surface area contributed by atoms with Crippen molar-refractivity contribution >= 4 is 17.5 Å². The molecule has 1 atom stereocenters. The van der Waals surface area contributed by atoms with Crippen molar-refractivity contribution in [3.63, 3.8) is 0 Å². The number of benzene rings is 2. The molecule has 0 bridgehead atoms. The van der Waals surface area contributed by atoms with Crippen LogP contribution in [0.25, 0.3) is 0 Å². The molecule has 4 rings (SSSR count). The van der Waals surface area contributed by atoms with Crippen LogP contribution in [0, 0.1) is 17.6 Å². The summed E-state index contributed by atoms with van der Waals surface area (Å²) in [5.74, 6) is -1.20. The van der Waals surface area contributed by atoms with E-state index in [0.717, 1.165) is 49.6 Å². The molecule has 1 aliphatic carbocycles. The number of nitrogens with zero attached hydrogens (tertiary/aromatic N) is 2. The topological polar surface area (TPSA) is 52.7 Å². The molecule has 2 fully saturated rings. The van der Waals surface area contributed by atoms with Crippen molar-refractivity contribution in [2.45, 2.75) is 51.5 Å². The van der Waals surface area contributed by atoms with Crippen LogP contribution < -0.4 is 5.32 Å². The average Bonchev–Trinajstić information content (AvgIpc) is 3.33.